The summed E-state index contributed by atoms with van der Waals surface area (Å²) in [4.78, 5) is 0. The van der Waals surface area contributed by atoms with Gasteiger partial charge in [0.05, 0.1) is 13.7 Å². The van der Waals surface area contributed by atoms with E-state index in [0.717, 1.165) is 36.8 Å². The van der Waals surface area contributed by atoms with Crippen LogP contribution in [0.25, 0.3) is 0 Å². The third-order valence-electron chi connectivity index (χ3n) is 3.80. The first-order chi connectivity index (χ1) is 11.3. The third kappa shape index (κ3) is 5.85. The number of benzene rings is 2. The van der Waals surface area contributed by atoms with Gasteiger partial charge in [-0.3, -0.25) is 0 Å². The molecule has 0 atom stereocenters. The minimum atomic E-state index is 0.747. The Hall–Kier alpha value is -2.16. The van der Waals surface area contributed by atoms with Gasteiger partial charge in [0.25, 0.3) is 0 Å². The zero-order valence-electron chi connectivity index (χ0n) is 14.2. The molecule has 2 aromatic rings. The third-order valence-corrected chi connectivity index (χ3v) is 3.80. The van der Waals surface area contributed by atoms with Crippen molar-refractivity contribution in [1.29, 1.82) is 0 Å². The van der Waals surface area contributed by atoms with Gasteiger partial charge in [-0.1, -0.05) is 44.4 Å². The Kier molecular flexibility index (Phi) is 7.31. The van der Waals surface area contributed by atoms with Crippen LogP contribution in [-0.2, 0) is 6.54 Å². The van der Waals surface area contributed by atoms with Crippen LogP contribution >= 0.6 is 0 Å². The van der Waals surface area contributed by atoms with E-state index in [2.05, 4.69) is 24.4 Å². The molecule has 0 aliphatic carbocycles. The predicted molar refractivity (Wildman–Crippen MR) is 96.4 cm³/mol. The van der Waals surface area contributed by atoms with Gasteiger partial charge >= 0.3 is 0 Å². The van der Waals surface area contributed by atoms with Crippen molar-refractivity contribution in [2.24, 2.45) is 0 Å². The molecule has 0 saturated heterocycles. The standard InChI is InChI=1S/C20H27NO2/c1-3-4-5-8-15-23-20-10-7-6-9-17(20)16-21-18-11-13-19(22-2)14-12-18/h6-7,9-14,21H,3-5,8,15-16H2,1-2H3. The van der Waals surface area contributed by atoms with E-state index in [1.807, 2.05) is 36.4 Å². The zero-order valence-corrected chi connectivity index (χ0v) is 14.2. The summed E-state index contributed by atoms with van der Waals surface area (Å²) < 4.78 is 11.1. The highest BCUT2D eigenvalue weighted by Gasteiger charge is 2.03. The molecule has 3 heteroatoms. The molecular formula is C20H27NO2. The van der Waals surface area contributed by atoms with Crippen LogP contribution in [0.2, 0.25) is 0 Å². The Labute approximate surface area is 139 Å². The Morgan fingerprint density at radius 2 is 1.70 bits per heavy atom. The van der Waals surface area contributed by atoms with E-state index in [0.29, 0.717) is 0 Å². The molecule has 124 valence electrons. The summed E-state index contributed by atoms with van der Waals surface area (Å²) in [5, 5.41) is 3.43. The second-order valence-corrected chi connectivity index (χ2v) is 5.60. The SMILES string of the molecule is CCCCCCOc1ccccc1CNc1ccc(OC)cc1. The van der Waals surface area contributed by atoms with Crippen LogP contribution in [0.1, 0.15) is 38.2 Å². The summed E-state index contributed by atoms with van der Waals surface area (Å²) in [5.74, 6) is 1.84. The fourth-order valence-electron chi connectivity index (χ4n) is 2.41. The molecule has 0 bridgehead atoms. The Morgan fingerprint density at radius 1 is 0.913 bits per heavy atom. The van der Waals surface area contributed by atoms with Crippen molar-refractivity contribution >= 4 is 5.69 Å². The van der Waals surface area contributed by atoms with Crippen molar-refractivity contribution in [3.63, 3.8) is 0 Å². The molecule has 0 heterocycles. The molecule has 0 unspecified atom stereocenters. The summed E-state index contributed by atoms with van der Waals surface area (Å²) in [6.45, 7) is 3.76. The fraction of sp³-hybridized carbons (Fsp3) is 0.400. The Morgan fingerprint density at radius 3 is 2.43 bits per heavy atom. The van der Waals surface area contributed by atoms with Crippen LogP contribution in [0.4, 0.5) is 5.69 Å². The summed E-state index contributed by atoms with van der Waals surface area (Å²) in [6.07, 6.45) is 4.89. The maximum Gasteiger partial charge on any atom is 0.124 e. The Balaban J connectivity index is 1.86. The molecule has 0 aliphatic heterocycles. The second kappa shape index (κ2) is 9.78. The van der Waals surface area contributed by atoms with Crippen LogP contribution in [0.15, 0.2) is 48.5 Å². The Bertz CT molecular complexity index is 566. The maximum absolute atomic E-state index is 5.95. The smallest absolute Gasteiger partial charge is 0.124 e. The lowest BCUT2D eigenvalue weighted by Crippen LogP contribution is -2.04. The number of methoxy groups -OCH3 is 1. The molecule has 2 rings (SSSR count). The molecule has 2 aromatic carbocycles. The van der Waals surface area contributed by atoms with Crippen LogP contribution in [0, 0.1) is 0 Å². The van der Waals surface area contributed by atoms with E-state index >= 15 is 0 Å². The van der Waals surface area contributed by atoms with Crippen molar-refractivity contribution < 1.29 is 9.47 Å². The van der Waals surface area contributed by atoms with E-state index in [1.54, 1.807) is 7.11 Å². The molecular weight excluding hydrogens is 286 g/mol. The van der Waals surface area contributed by atoms with Gasteiger partial charge < -0.3 is 14.8 Å². The molecule has 0 aromatic heterocycles. The highest BCUT2D eigenvalue weighted by Crippen LogP contribution is 2.21. The fourth-order valence-corrected chi connectivity index (χ4v) is 2.41. The summed E-state index contributed by atoms with van der Waals surface area (Å²) >= 11 is 0. The molecule has 0 spiro atoms. The monoisotopic (exact) mass is 313 g/mol. The van der Waals surface area contributed by atoms with Crippen LogP contribution in [-0.4, -0.2) is 13.7 Å². The van der Waals surface area contributed by atoms with Gasteiger partial charge in [0.2, 0.25) is 0 Å². The minimum absolute atomic E-state index is 0.747. The van der Waals surface area contributed by atoms with E-state index < -0.39 is 0 Å². The zero-order chi connectivity index (χ0) is 16.3. The maximum atomic E-state index is 5.95. The largest absolute Gasteiger partial charge is 0.497 e. The minimum Gasteiger partial charge on any atom is -0.497 e. The first-order valence-corrected chi connectivity index (χ1v) is 8.42. The van der Waals surface area contributed by atoms with Crippen molar-refractivity contribution in [3.05, 3.63) is 54.1 Å². The number of anilines is 1. The topological polar surface area (TPSA) is 30.5 Å². The lowest BCUT2D eigenvalue weighted by molar-refractivity contribution is 0.302. The molecule has 0 fully saturated rings. The number of unbranched alkanes of at least 4 members (excludes halogenated alkanes) is 3. The van der Waals surface area contributed by atoms with E-state index in [4.69, 9.17) is 9.47 Å². The van der Waals surface area contributed by atoms with E-state index in [9.17, 15) is 0 Å². The first kappa shape index (κ1) is 17.2. The summed E-state index contributed by atoms with van der Waals surface area (Å²) in [5.41, 5.74) is 2.25. The van der Waals surface area contributed by atoms with Gasteiger partial charge in [0.15, 0.2) is 0 Å². The molecule has 0 radical (unpaired) electrons. The number of rotatable bonds is 10. The van der Waals surface area contributed by atoms with Gasteiger partial charge in [0.1, 0.15) is 11.5 Å². The second-order valence-electron chi connectivity index (χ2n) is 5.60. The summed E-state index contributed by atoms with van der Waals surface area (Å²) in [7, 11) is 1.68. The van der Waals surface area contributed by atoms with E-state index in [1.165, 1.54) is 24.8 Å². The average Bonchev–Trinajstić information content (AvgIpc) is 2.61. The lowest BCUT2D eigenvalue weighted by atomic mass is 10.2. The molecule has 23 heavy (non-hydrogen) atoms. The first-order valence-electron chi connectivity index (χ1n) is 8.42. The van der Waals surface area contributed by atoms with Crippen LogP contribution < -0.4 is 14.8 Å². The molecule has 3 nitrogen and oxygen atoms in total. The van der Waals surface area contributed by atoms with Gasteiger partial charge in [-0.15, -0.1) is 0 Å². The van der Waals surface area contributed by atoms with Gasteiger partial charge in [-0.2, -0.15) is 0 Å². The van der Waals surface area contributed by atoms with Gasteiger partial charge in [-0.25, -0.2) is 0 Å². The van der Waals surface area contributed by atoms with Gasteiger partial charge in [0, 0.05) is 17.8 Å². The van der Waals surface area contributed by atoms with Crippen molar-refractivity contribution in [3.8, 4) is 11.5 Å². The van der Waals surface area contributed by atoms with Crippen molar-refractivity contribution in [2.75, 3.05) is 19.0 Å². The van der Waals surface area contributed by atoms with Crippen molar-refractivity contribution in [1.82, 2.24) is 0 Å². The lowest BCUT2D eigenvalue weighted by Gasteiger charge is -2.13. The van der Waals surface area contributed by atoms with Gasteiger partial charge in [-0.05, 0) is 36.8 Å². The highest BCUT2D eigenvalue weighted by molar-refractivity contribution is 5.47. The predicted octanol–water partition coefficient (Wildman–Crippen LogP) is 5.27. The average molecular weight is 313 g/mol. The summed E-state index contributed by atoms with van der Waals surface area (Å²) in [6, 6.07) is 16.2. The van der Waals surface area contributed by atoms with E-state index in [-0.39, 0.29) is 0 Å². The number of para-hydroxylation sites is 1. The number of ether oxygens (including phenoxy) is 2. The normalized spacial score (nSPS) is 10.3. The molecule has 0 amide bonds. The van der Waals surface area contributed by atoms with Crippen LogP contribution in [0.5, 0.6) is 11.5 Å². The van der Waals surface area contributed by atoms with Crippen LogP contribution in [0.3, 0.4) is 0 Å². The highest BCUT2D eigenvalue weighted by atomic mass is 16.5. The number of hydrogen-bond acceptors (Lipinski definition) is 3. The number of nitrogens with one attached hydrogen (secondary N) is 1. The molecule has 0 aliphatic rings. The molecule has 0 saturated carbocycles. The quantitative estimate of drug-likeness (QED) is 0.606. The number of hydrogen-bond donors (Lipinski definition) is 1. The van der Waals surface area contributed by atoms with Crippen molar-refractivity contribution in [2.45, 2.75) is 39.2 Å². The molecule has 1 N–H and O–H groups in total.